The van der Waals surface area contributed by atoms with Crippen LogP contribution in [0.3, 0.4) is 0 Å². The minimum Gasteiger partial charge on any atom is -0.388 e. The van der Waals surface area contributed by atoms with E-state index in [9.17, 15) is 9.90 Å². The van der Waals surface area contributed by atoms with E-state index >= 15 is 0 Å². The van der Waals surface area contributed by atoms with Gasteiger partial charge >= 0.3 is 0 Å². The van der Waals surface area contributed by atoms with Crippen LogP contribution < -0.4 is 10.9 Å². The predicted molar refractivity (Wildman–Crippen MR) is 123 cm³/mol. The molecule has 164 valence electrons. The van der Waals surface area contributed by atoms with Gasteiger partial charge in [-0.2, -0.15) is 0 Å². The van der Waals surface area contributed by atoms with E-state index in [0.717, 1.165) is 6.16 Å². The van der Waals surface area contributed by atoms with Crippen LogP contribution in [0.15, 0.2) is 22.6 Å². The SMILES string of the molecule is C=P(C)(C)CC[C@H]1O[C@@H](n2cc(CNCC=C(C)C)c(=O)[nH]c2=S)[C@H](OC)[C@@H]1O. The number of nitrogens with one attached hydrogen (secondary N) is 2. The molecule has 7 nitrogen and oxygen atoms in total. The maximum atomic E-state index is 12.3. The molecule has 0 radical (unpaired) electrons. The van der Waals surface area contributed by atoms with Gasteiger partial charge in [0.1, 0.15) is 12.2 Å². The molecule has 2 rings (SSSR count). The molecule has 29 heavy (non-hydrogen) atoms. The van der Waals surface area contributed by atoms with Crippen molar-refractivity contribution in [2.45, 2.75) is 51.4 Å². The Labute approximate surface area is 178 Å². The van der Waals surface area contributed by atoms with Crippen LogP contribution >= 0.6 is 19.1 Å². The third kappa shape index (κ3) is 6.74. The lowest BCUT2D eigenvalue weighted by Gasteiger charge is -2.22. The topological polar surface area (TPSA) is 88.5 Å². The number of rotatable bonds is 9. The van der Waals surface area contributed by atoms with Gasteiger partial charge in [0.05, 0.1) is 6.10 Å². The zero-order valence-corrected chi connectivity index (χ0v) is 19.7. The maximum Gasteiger partial charge on any atom is 0.256 e. The number of aliphatic hydroxyl groups excluding tert-OH is 1. The maximum absolute atomic E-state index is 12.3. The number of H-pyrrole nitrogens is 1. The fourth-order valence-electron chi connectivity index (χ4n) is 3.24. The van der Waals surface area contributed by atoms with Crippen molar-refractivity contribution in [3.05, 3.63) is 38.5 Å². The van der Waals surface area contributed by atoms with Crippen molar-refractivity contribution >= 4 is 25.4 Å². The van der Waals surface area contributed by atoms with Crippen molar-refractivity contribution in [2.75, 3.05) is 33.1 Å². The number of aromatic amines is 1. The molecule has 0 saturated carbocycles. The van der Waals surface area contributed by atoms with Gasteiger partial charge in [-0.05, 0) is 52.0 Å². The normalized spacial score (nSPS) is 24.6. The molecule has 1 aromatic rings. The molecule has 0 unspecified atom stereocenters. The minimum absolute atomic E-state index is 0.233. The summed E-state index contributed by atoms with van der Waals surface area (Å²) in [7, 11) is 1.54. The Morgan fingerprint density at radius 2 is 2.21 bits per heavy atom. The first-order valence-corrected chi connectivity index (χ1v) is 13.2. The molecule has 0 aromatic carbocycles. The molecule has 1 saturated heterocycles. The Balaban J connectivity index is 2.23. The highest BCUT2D eigenvalue weighted by Gasteiger charge is 2.45. The summed E-state index contributed by atoms with van der Waals surface area (Å²) in [5.74, 6) is 0. The van der Waals surface area contributed by atoms with Crippen molar-refractivity contribution in [1.29, 1.82) is 0 Å². The van der Waals surface area contributed by atoms with Crippen LogP contribution in [0.25, 0.3) is 0 Å². The summed E-state index contributed by atoms with van der Waals surface area (Å²) in [6.45, 7) is 8.20. The van der Waals surface area contributed by atoms with Crippen LogP contribution in [-0.2, 0) is 16.0 Å². The first kappa shape index (κ1) is 24.3. The van der Waals surface area contributed by atoms with Crippen LogP contribution in [0.5, 0.6) is 0 Å². The molecule has 1 aromatic heterocycles. The zero-order valence-electron chi connectivity index (χ0n) is 18.0. The quantitative estimate of drug-likeness (QED) is 0.235. The van der Waals surface area contributed by atoms with Gasteiger partial charge in [0.25, 0.3) is 5.56 Å². The van der Waals surface area contributed by atoms with E-state index in [1.807, 2.05) is 13.8 Å². The Kier molecular flexibility index (Phi) is 8.64. The number of aromatic nitrogens is 2. The van der Waals surface area contributed by atoms with Gasteiger partial charge in [-0.15, -0.1) is 13.2 Å². The lowest BCUT2D eigenvalue weighted by atomic mass is 10.1. The zero-order chi connectivity index (χ0) is 21.8. The summed E-state index contributed by atoms with van der Waals surface area (Å²) < 4.78 is 13.6. The summed E-state index contributed by atoms with van der Waals surface area (Å²) in [6.07, 6.45) is 7.28. The van der Waals surface area contributed by atoms with Crippen LogP contribution in [0, 0.1) is 4.77 Å². The summed E-state index contributed by atoms with van der Waals surface area (Å²) in [4.78, 5) is 15.0. The van der Waals surface area contributed by atoms with E-state index in [1.54, 1.807) is 17.9 Å². The molecule has 0 bridgehead atoms. The molecule has 1 aliphatic heterocycles. The van der Waals surface area contributed by atoms with E-state index in [4.69, 9.17) is 21.7 Å². The first-order valence-electron chi connectivity index (χ1n) is 9.75. The van der Waals surface area contributed by atoms with Gasteiger partial charge in [-0.25, -0.2) is 0 Å². The van der Waals surface area contributed by atoms with Crippen molar-refractivity contribution in [1.82, 2.24) is 14.9 Å². The molecule has 1 aliphatic rings. The fraction of sp³-hybridized carbons (Fsp3) is 0.650. The second-order valence-corrected chi connectivity index (χ2v) is 13.1. The van der Waals surface area contributed by atoms with E-state index in [0.29, 0.717) is 25.1 Å². The Hall–Kier alpha value is -1.02. The smallest absolute Gasteiger partial charge is 0.256 e. The van der Waals surface area contributed by atoms with Crippen LogP contribution in [-0.4, -0.2) is 72.4 Å². The molecule has 9 heteroatoms. The van der Waals surface area contributed by atoms with E-state index in [1.165, 1.54) is 5.57 Å². The van der Waals surface area contributed by atoms with Gasteiger partial charge in [0.2, 0.25) is 0 Å². The van der Waals surface area contributed by atoms with E-state index in [-0.39, 0.29) is 16.4 Å². The van der Waals surface area contributed by atoms with Crippen molar-refractivity contribution < 1.29 is 14.6 Å². The monoisotopic (exact) mass is 443 g/mol. The second-order valence-electron chi connectivity index (χ2n) is 8.44. The van der Waals surface area contributed by atoms with Gasteiger partial charge in [-0.3, -0.25) is 14.3 Å². The number of methoxy groups -OCH3 is 1. The van der Waals surface area contributed by atoms with Crippen molar-refractivity contribution in [3.63, 3.8) is 0 Å². The molecule has 3 N–H and O–H groups in total. The molecule has 0 aliphatic carbocycles. The summed E-state index contributed by atoms with van der Waals surface area (Å²) in [5, 5.41) is 13.9. The molecule has 2 heterocycles. The second kappa shape index (κ2) is 10.3. The minimum atomic E-state index is -1.23. The Morgan fingerprint density at radius 1 is 1.52 bits per heavy atom. The molecule has 1 fully saturated rings. The molecular weight excluding hydrogens is 409 g/mol. The number of allylic oxidation sites excluding steroid dienone is 1. The summed E-state index contributed by atoms with van der Waals surface area (Å²) in [6, 6.07) is 0. The highest BCUT2D eigenvalue weighted by atomic mass is 32.1. The Bertz CT molecular complexity index is 884. The Morgan fingerprint density at radius 3 is 2.79 bits per heavy atom. The average Bonchev–Trinajstić information content (AvgIpc) is 2.93. The lowest BCUT2D eigenvalue weighted by molar-refractivity contribution is -0.0532. The number of ether oxygens (including phenoxy) is 2. The largest absolute Gasteiger partial charge is 0.388 e. The van der Waals surface area contributed by atoms with Crippen LogP contribution in [0.1, 0.15) is 32.1 Å². The molecule has 0 spiro atoms. The third-order valence-electron chi connectivity index (χ3n) is 4.89. The van der Waals surface area contributed by atoms with Gasteiger partial charge in [-0.1, -0.05) is 11.6 Å². The molecule has 4 atom stereocenters. The number of nitrogens with zero attached hydrogens (tertiary/aromatic N) is 1. The standard InChI is InChI=1S/C20H34N3O4PS/c1-13(2)7-9-21-11-14-12-23(20(29)22-18(14)25)19-17(26-3)16(24)15(27-19)8-10-28(4,5)6/h7,12,15-17,19,21,24H,4,8-11H2,1-3,5-6H3,(H,22,25,29)/t15-,16-,17-,19-/m1/s1. The van der Waals surface area contributed by atoms with Gasteiger partial charge < -0.3 is 19.9 Å². The average molecular weight is 444 g/mol. The molecular formula is C20H34N3O4PS. The fourth-order valence-corrected chi connectivity index (χ4v) is 4.44. The summed E-state index contributed by atoms with van der Waals surface area (Å²) in [5.41, 5.74) is 1.52. The van der Waals surface area contributed by atoms with Gasteiger partial charge in [0.15, 0.2) is 11.0 Å². The van der Waals surface area contributed by atoms with Crippen molar-refractivity contribution in [3.8, 4) is 0 Å². The van der Waals surface area contributed by atoms with E-state index < -0.39 is 25.3 Å². The third-order valence-corrected chi connectivity index (χ3v) is 6.67. The first-order chi connectivity index (χ1) is 13.5. The van der Waals surface area contributed by atoms with Crippen molar-refractivity contribution in [2.24, 2.45) is 0 Å². The highest BCUT2D eigenvalue weighted by Crippen LogP contribution is 2.40. The number of hydrogen-bond donors (Lipinski definition) is 3. The molecule has 0 amide bonds. The highest BCUT2D eigenvalue weighted by molar-refractivity contribution is 7.72. The van der Waals surface area contributed by atoms with Gasteiger partial charge in [0, 0.05) is 32.0 Å². The van der Waals surface area contributed by atoms with Crippen LogP contribution in [0.2, 0.25) is 0 Å². The van der Waals surface area contributed by atoms with E-state index in [2.05, 4.69) is 36.0 Å². The predicted octanol–water partition coefficient (Wildman–Crippen LogP) is 2.33. The summed E-state index contributed by atoms with van der Waals surface area (Å²) >= 11 is 5.36. The lowest BCUT2D eigenvalue weighted by Crippen LogP contribution is -2.34. The van der Waals surface area contributed by atoms with Crippen LogP contribution in [0.4, 0.5) is 0 Å². The number of hydrogen-bond acceptors (Lipinski definition) is 6. The number of aliphatic hydroxyl groups is 1.